The lowest BCUT2D eigenvalue weighted by Crippen LogP contribution is -2.43. The van der Waals surface area contributed by atoms with Crippen LogP contribution in [-0.4, -0.2) is 102 Å². The molecular formula is C51H61N5O7. The Hall–Kier alpha value is -5.53. The Balaban J connectivity index is 0.702. The first-order valence-electron chi connectivity index (χ1n) is 22.8. The van der Waals surface area contributed by atoms with E-state index in [1.165, 1.54) is 23.3 Å². The van der Waals surface area contributed by atoms with Crippen molar-refractivity contribution < 1.29 is 29.3 Å². The maximum atomic E-state index is 13.4. The van der Waals surface area contributed by atoms with Crippen molar-refractivity contribution >= 4 is 28.6 Å². The number of carbonyl (C=O) groups is 2. The number of amides is 2. The van der Waals surface area contributed by atoms with E-state index < -0.39 is 6.10 Å². The summed E-state index contributed by atoms with van der Waals surface area (Å²) in [6.45, 7) is 5.39. The van der Waals surface area contributed by atoms with Gasteiger partial charge in [0.1, 0.15) is 11.9 Å². The number of anilines is 1. The fourth-order valence-electron chi connectivity index (χ4n) is 9.95. The van der Waals surface area contributed by atoms with Gasteiger partial charge in [-0.05, 0) is 90.8 Å². The van der Waals surface area contributed by atoms with Gasteiger partial charge in [0, 0.05) is 62.3 Å². The largest absolute Gasteiger partial charge is 0.506 e. The average molecular weight is 856 g/mol. The number of hydrogen-bond donors (Lipinski definition) is 5. The minimum atomic E-state index is -0.856. The molecule has 12 heteroatoms. The van der Waals surface area contributed by atoms with E-state index in [-0.39, 0.29) is 42.0 Å². The van der Waals surface area contributed by atoms with Gasteiger partial charge in [-0.2, -0.15) is 0 Å². The van der Waals surface area contributed by atoms with Crippen LogP contribution >= 0.6 is 0 Å². The molecule has 5 N–H and O–H groups in total. The summed E-state index contributed by atoms with van der Waals surface area (Å²) in [7, 11) is 0. The summed E-state index contributed by atoms with van der Waals surface area (Å²) in [6.07, 6.45) is 6.91. The summed E-state index contributed by atoms with van der Waals surface area (Å²) in [5, 5.41) is 28.0. The highest BCUT2D eigenvalue weighted by Gasteiger charge is 2.42. The lowest BCUT2D eigenvalue weighted by molar-refractivity contribution is -0.134. The molecule has 0 bridgehead atoms. The van der Waals surface area contributed by atoms with Crippen molar-refractivity contribution in [2.45, 2.75) is 76.0 Å². The van der Waals surface area contributed by atoms with Crippen molar-refractivity contribution in [1.82, 2.24) is 20.1 Å². The van der Waals surface area contributed by atoms with Gasteiger partial charge in [-0.3, -0.25) is 14.9 Å². The Labute approximate surface area is 369 Å². The first kappa shape index (κ1) is 44.1. The van der Waals surface area contributed by atoms with Crippen molar-refractivity contribution in [1.29, 1.82) is 0 Å². The fourth-order valence-corrected chi connectivity index (χ4v) is 9.95. The van der Waals surface area contributed by atoms with Crippen LogP contribution in [0.5, 0.6) is 5.75 Å². The maximum absolute atomic E-state index is 13.4. The van der Waals surface area contributed by atoms with Crippen LogP contribution in [0.3, 0.4) is 0 Å². The first-order valence-corrected chi connectivity index (χ1v) is 22.8. The summed E-state index contributed by atoms with van der Waals surface area (Å²) in [6, 6.07) is 33.1. The zero-order valence-corrected chi connectivity index (χ0v) is 36.1. The predicted molar refractivity (Wildman–Crippen MR) is 246 cm³/mol. The number of para-hydroxylation sites is 1. The lowest BCUT2D eigenvalue weighted by atomic mass is 10.0. The summed E-state index contributed by atoms with van der Waals surface area (Å²) >= 11 is 0. The van der Waals surface area contributed by atoms with Crippen molar-refractivity contribution in [2.75, 3.05) is 57.8 Å². The van der Waals surface area contributed by atoms with Gasteiger partial charge in [-0.15, -0.1) is 0 Å². The molecule has 5 aromatic rings. The zero-order valence-electron chi connectivity index (χ0n) is 36.1. The van der Waals surface area contributed by atoms with Crippen molar-refractivity contribution in [3.8, 4) is 16.9 Å². The summed E-state index contributed by atoms with van der Waals surface area (Å²) < 4.78 is 11.9. The number of H-pyrrole nitrogens is 1. The number of rotatable bonds is 19. The highest BCUT2D eigenvalue weighted by Crippen LogP contribution is 2.40. The van der Waals surface area contributed by atoms with Crippen molar-refractivity contribution in [3.05, 3.63) is 130 Å². The number of aromatic hydroxyl groups is 1. The number of hydrogen-bond acceptors (Lipinski definition) is 9. The molecule has 63 heavy (non-hydrogen) atoms. The molecule has 8 rings (SSSR count). The second-order valence-corrected chi connectivity index (χ2v) is 17.5. The summed E-state index contributed by atoms with van der Waals surface area (Å²) in [5.41, 5.74) is 5.91. The molecule has 2 heterocycles. The third kappa shape index (κ3) is 11.5. The number of nitrogens with one attached hydrogen (secondary N) is 3. The minimum absolute atomic E-state index is 0.0440. The number of carbonyl (C=O) groups excluding carboxylic acids is 2. The average Bonchev–Trinajstić information content (AvgIpc) is 4.05. The van der Waals surface area contributed by atoms with Gasteiger partial charge in [0.05, 0.1) is 36.9 Å². The fraction of sp³-hybridized carbons (Fsp3) is 0.431. The number of fused-ring (bicyclic) bond motifs is 2. The molecule has 1 unspecified atom stereocenters. The number of aromatic amines is 1. The van der Waals surface area contributed by atoms with E-state index >= 15 is 0 Å². The van der Waals surface area contributed by atoms with Crippen molar-refractivity contribution in [3.63, 3.8) is 0 Å². The number of aromatic nitrogens is 1. The van der Waals surface area contributed by atoms with E-state index in [1.54, 1.807) is 12.1 Å². The standard InChI is InChI=1S/C51H61N5O7/c57-46-20-18-43(44-19-21-48(59)54-50(44)46)47(58)32-52-25-27-56(40-10-4-5-11-40)49(60)24-29-62-28-23-36-16-14-35(15-17-36)22-26-55-33-38-30-41(31-39(38)34-55)63-51(61)53-45-13-7-6-12-42(45)37-8-2-1-3-9-37/h1-3,6-9,12-21,38-41,47,52,57-58H,4-5,10-11,22-34H2,(H,53,61)(H,54,59)/t38-,39?,41+,47-/m0/s1. The van der Waals surface area contributed by atoms with Crippen molar-refractivity contribution in [2.24, 2.45) is 11.8 Å². The van der Waals surface area contributed by atoms with Gasteiger partial charge in [0.2, 0.25) is 11.5 Å². The van der Waals surface area contributed by atoms with Gasteiger partial charge in [-0.1, -0.05) is 91.7 Å². The number of likely N-dealkylation sites (tertiary alicyclic amines) is 1. The molecule has 1 aliphatic heterocycles. The van der Waals surface area contributed by atoms with Crippen LogP contribution in [0.4, 0.5) is 10.5 Å². The van der Waals surface area contributed by atoms with E-state index in [2.05, 4.69) is 44.8 Å². The first-order chi connectivity index (χ1) is 30.8. The molecule has 4 aromatic carbocycles. The van der Waals surface area contributed by atoms with E-state index in [0.29, 0.717) is 61.0 Å². The zero-order chi connectivity index (χ0) is 43.5. The predicted octanol–water partition coefficient (Wildman–Crippen LogP) is 7.45. The number of ether oxygens (including phenoxy) is 2. The van der Waals surface area contributed by atoms with E-state index in [0.717, 1.165) is 87.8 Å². The quantitative estimate of drug-likeness (QED) is 0.0533. The monoisotopic (exact) mass is 855 g/mol. The van der Waals surface area contributed by atoms with Crippen LogP contribution in [0.15, 0.2) is 108 Å². The van der Waals surface area contributed by atoms with Crippen LogP contribution in [0, 0.1) is 11.8 Å². The van der Waals surface area contributed by atoms with Crippen LogP contribution in [0.1, 0.15) is 67.7 Å². The number of phenolic OH excluding ortho intramolecular Hbond substituents is 1. The molecule has 4 atom stereocenters. The molecule has 3 fully saturated rings. The number of aliphatic hydroxyl groups excluding tert-OH is 1. The number of aliphatic hydroxyl groups is 1. The van der Waals surface area contributed by atoms with Gasteiger partial charge in [0.25, 0.3) is 0 Å². The normalized spacial score (nSPS) is 19.3. The molecule has 2 aliphatic carbocycles. The van der Waals surface area contributed by atoms with Crippen LogP contribution in [0.2, 0.25) is 0 Å². The van der Waals surface area contributed by atoms with Crippen LogP contribution < -0.4 is 16.2 Å². The van der Waals surface area contributed by atoms with Crippen LogP contribution in [0.25, 0.3) is 22.0 Å². The molecule has 0 spiro atoms. The molecule has 1 aromatic heterocycles. The smallest absolute Gasteiger partial charge is 0.411 e. The number of phenols is 1. The molecular weight excluding hydrogens is 795 g/mol. The molecule has 0 radical (unpaired) electrons. The maximum Gasteiger partial charge on any atom is 0.411 e. The van der Waals surface area contributed by atoms with Gasteiger partial charge < -0.3 is 39.8 Å². The Bertz CT molecular complexity index is 2330. The number of benzene rings is 4. The Morgan fingerprint density at radius 2 is 1.56 bits per heavy atom. The lowest BCUT2D eigenvalue weighted by Gasteiger charge is -2.29. The topological polar surface area (TPSA) is 156 Å². The van der Waals surface area contributed by atoms with Gasteiger partial charge >= 0.3 is 6.09 Å². The second-order valence-electron chi connectivity index (χ2n) is 17.5. The summed E-state index contributed by atoms with van der Waals surface area (Å²) in [5.74, 6) is 1.17. The highest BCUT2D eigenvalue weighted by atomic mass is 16.6. The third-order valence-corrected chi connectivity index (χ3v) is 13.3. The van der Waals surface area contributed by atoms with Gasteiger partial charge in [-0.25, -0.2) is 4.79 Å². The Morgan fingerprint density at radius 3 is 2.32 bits per heavy atom. The highest BCUT2D eigenvalue weighted by molar-refractivity contribution is 5.91. The third-order valence-electron chi connectivity index (χ3n) is 13.3. The van der Waals surface area contributed by atoms with Crippen LogP contribution in [-0.2, 0) is 27.1 Å². The molecule has 2 saturated carbocycles. The molecule has 3 aliphatic rings. The molecule has 1 saturated heterocycles. The molecule has 2 amide bonds. The minimum Gasteiger partial charge on any atom is -0.506 e. The number of pyridine rings is 1. The van der Waals surface area contributed by atoms with Gasteiger partial charge in [0.15, 0.2) is 0 Å². The molecule has 332 valence electrons. The van der Waals surface area contributed by atoms with E-state index in [4.69, 9.17) is 9.47 Å². The van der Waals surface area contributed by atoms with E-state index in [1.807, 2.05) is 59.5 Å². The SMILES string of the molecule is O=C(Nc1ccccc1-c1ccccc1)O[C@H]1CC2CN(CCc3ccc(CCOCCC(=O)N(CCNC[C@H](O)c4ccc(O)c5[nH]c(=O)ccc45)C4CCCC4)cc3)C[C@@H]2C1. The van der Waals surface area contributed by atoms with E-state index in [9.17, 15) is 24.6 Å². The molecule has 12 nitrogen and oxygen atoms in total. The summed E-state index contributed by atoms with van der Waals surface area (Å²) in [4.78, 5) is 45.3. The second kappa shape index (κ2) is 21.2. The Morgan fingerprint density at radius 1 is 0.841 bits per heavy atom. The number of nitrogens with zero attached hydrogens (tertiary/aromatic N) is 2. The Kier molecular flexibility index (Phi) is 14.9.